The first-order chi connectivity index (χ1) is 14.8. The Bertz CT molecular complexity index is 1010. The van der Waals surface area contributed by atoms with Crippen LogP contribution in [0.25, 0.3) is 0 Å². The minimum absolute atomic E-state index is 0.0840. The van der Waals surface area contributed by atoms with Crippen LogP contribution in [0.3, 0.4) is 0 Å². The number of unbranched alkanes of at least 4 members (excludes halogenated alkanes) is 2. The zero-order chi connectivity index (χ0) is 22.5. The van der Waals surface area contributed by atoms with Gasteiger partial charge in [-0.3, -0.25) is 0 Å². The van der Waals surface area contributed by atoms with Crippen LogP contribution in [0.1, 0.15) is 48.4 Å². The van der Waals surface area contributed by atoms with Gasteiger partial charge < -0.3 is 11.5 Å². The molecule has 4 N–H and O–H groups in total. The monoisotopic (exact) mass is 422 g/mol. The van der Waals surface area contributed by atoms with Crippen LogP contribution >= 0.6 is 0 Å². The number of alkyl halides is 3. The topological polar surface area (TPSA) is 52.0 Å². The molecule has 0 spiro atoms. The average Bonchev–Trinajstić information content (AvgIpc) is 2.74. The minimum atomic E-state index is -4.62. The van der Waals surface area contributed by atoms with Gasteiger partial charge in [0, 0.05) is 23.4 Å². The molecule has 160 valence electrons. The second kappa shape index (κ2) is 9.18. The molecule has 3 aromatic rings. The Morgan fingerprint density at radius 3 is 1.52 bits per heavy atom. The largest absolute Gasteiger partial charge is 0.406 e. The molecule has 0 radical (unpaired) electrons. The highest BCUT2D eigenvalue weighted by atomic mass is 19.4. The number of rotatable bonds is 5. The van der Waals surface area contributed by atoms with E-state index in [9.17, 15) is 13.2 Å². The zero-order valence-corrected chi connectivity index (χ0v) is 17.3. The molecule has 0 aromatic heterocycles. The maximum Gasteiger partial charge on any atom is 0.406 e. The maximum atomic E-state index is 14.9. The predicted octanol–water partition coefficient (Wildman–Crippen LogP) is 6.29. The van der Waals surface area contributed by atoms with E-state index in [4.69, 9.17) is 11.5 Å². The fourth-order valence-corrected chi connectivity index (χ4v) is 3.69. The molecule has 3 rings (SSSR count). The highest BCUT2D eigenvalue weighted by Gasteiger charge is 2.58. The van der Waals surface area contributed by atoms with Gasteiger partial charge in [0.2, 0.25) is 0 Å². The lowest BCUT2D eigenvalue weighted by Crippen LogP contribution is -2.44. The van der Waals surface area contributed by atoms with Crippen LogP contribution in [0.15, 0.2) is 72.8 Å². The highest BCUT2D eigenvalue weighted by Crippen LogP contribution is 2.51. The van der Waals surface area contributed by atoms with Crippen LogP contribution in [0.5, 0.6) is 0 Å². The summed E-state index contributed by atoms with van der Waals surface area (Å²) in [6.45, 7) is 2.08. The standard InChI is InChI=1S/C26H25F3N2/c1-2-3-4-5-6-19-7-9-20(10-8-19)25(26(27,28)29,21-11-15-23(30)16-12-21)22-13-17-24(31)18-14-22/h7-18H,2-4,30-31H2,1H3. The molecule has 0 amide bonds. The maximum absolute atomic E-state index is 14.9. The lowest BCUT2D eigenvalue weighted by molar-refractivity contribution is -0.166. The molecule has 5 heteroatoms. The smallest absolute Gasteiger partial charge is 0.399 e. The van der Waals surface area contributed by atoms with Crippen molar-refractivity contribution in [3.63, 3.8) is 0 Å². The van der Waals surface area contributed by atoms with Crippen molar-refractivity contribution in [1.29, 1.82) is 0 Å². The summed E-state index contributed by atoms with van der Waals surface area (Å²) in [4.78, 5) is 0. The van der Waals surface area contributed by atoms with Gasteiger partial charge >= 0.3 is 6.18 Å². The molecule has 0 aliphatic rings. The van der Waals surface area contributed by atoms with E-state index in [1.807, 2.05) is 0 Å². The minimum Gasteiger partial charge on any atom is -0.399 e. The number of hydrogen-bond donors (Lipinski definition) is 2. The molecule has 3 aromatic carbocycles. The van der Waals surface area contributed by atoms with Gasteiger partial charge in [-0.1, -0.05) is 61.6 Å². The molecule has 0 unspecified atom stereocenters. The Morgan fingerprint density at radius 2 is 1.13 bits per heavy atom. The van der Waals surface area contributed by atoms with Crippen LogP contribution < -0.4 is 11.5 Å². The number of nitrogen functional groups attached to an aromatic ring is 2. The summed E-state index contributed by atoms with van der Waals surface area (Å²) >= 11 is 0. The van der Waals surface area contributed by atoms with Gasteiger partial charge in [0.05, 0.1) is 0 Å². The van der Waals surface area contributed by atoms with Gasteiger partial charge in [-0.2, -0.15) is 13.2 Å². The average molecular weight is 422 g/mol. The summed E-state index contributed by atoms with van der Waals surface area (Å²) in [5.74, 6) is 6.09. The highest BCUT2D eigenvalue weighted by molar-refractivity contribution is 5.57. The van der Waals surface area contributed by atoms with Crippen molar-refractivity contribution >= 4 is 11.4 Å². The number of hydrogen-bond acceptors (Lipinski definition) is 2. The third kappa shape index (κ3) is 4.54. The summed E-state index contributed by atoms with van der Waals surface area (Å²) in [6, 6.07) is 18.0. The second-order valence-corrected chi connectivity index (χ2v) is 7.47. The van der Waals surface area contributed by atoms with Gasteiger partial charge in [0.15, 0.2) is 0 Å². The molecule has 0 atom stereocenters. The zero-order valence-electron chi connectivity index (χ0n) is 17.3. The molecule has 0 saturated carbocycles. The Morgan fingerprint density at radius 1 is 0.710 bits per heavy atom. The molecule has 31 heavy (non-hydrogen) atoms. The molecular formula is C26H25F3N2. The van der Waals surface area contributed by atoms with Crippen molar-refractivity contribution in [3.05, 3.63) is 95.1 Å². The molecule has 0 fully saturated rings. The molecule has 0 bridgehead atoms. The SMILES string of the molecule is CCCCC#Cc1ccc(C(c2ccc(N)cc2)(c2ccc(N)cc2)C(F)(F)F)cc1. The first kappa shape index (κ1) is 22.3. The third-order valence-corrected chi connectivity index (χ3v) is 5.32. The van der Waals surface area contributed by atoms with Crippen LogP contribution in [0, 0.1) is 11.8 Å². The Labute approximate surface area is 181 Å². The molecule has 0 aliphatic heterocycles. The van der Waals surface area contributed by atoms with E-state index in [2.05, 4.69) is 18.8 Å². The third-order valence-electron chi connectivity index (χ3n) is 5.32. The molecule has 0 heterocycles. The van der Waals surface area contributed by atoms with Crippen molar-refractivity contribution < 1.29 is 13.2 Å². The van der Waals surface area contributed by atoms with Gasteiger partial charge in [-0.05, 0) is 59.5 Å². The Kier molecular flexibility index (Phi) is 6.60. The van der Waals surface area contributed by atoms with E-state index in [1.54, 1.807) is 12.1 Å². The van der Waals surface area contributed by atoms with E-state index >= 15 is 0 Å². The normalized spacial score (nSPS) is 11.6. The van der Waals surface area contributed by atoms with Crippen molar-refractivity contribution in [2.24, 2.45) is 0 Å². The number of benzene rings is 3. The van der Waals surface area contributed by atoms with Gasteiger partial charge in [0.1, 0.15) is 5.41 Å². The lowest BCUT2D eigenvalue weighted by atomic mass is 9.68. The van der Waals surface area contributed by atoms with Crippen molar-refractivity contribution in [2.75, 3.05) is 11.5 Å². The van der Waals surface area contributed by atoms with Crippen LogP contribution in [-0.2, 0) is 5.41 Å². The predicted molar refractivity (Wildman–Crippen MR) is 120 cm³/mol. The molecule has 0 saturated heterocycles. The number of nitrogens with two attached hydrogens (primary N) is 2. The van der Waals surface area contributed by atoms with E-state index in [-0.39, 0.29) is 16.7 Å². The van der Waals surface area contributed by atoms with E-state index in [0.29, 0.717) is 16.9 Å². The van der Waals surface area contributed by atoms with E-state index < -0.39 is 11.6 Å². The Hall–Kier alpha value is -3.39. The second-order valence-electron chi connectivity index (χ2n) is 7.47. The van der Waals surface area contributed by atoms with Crippen molar-refractivity contribution in [2.45, 2.75) is 37.8 Å². The summed E-state index contributed by atoms with van der Waals surface area (Å²) in [5.41, 5.74) is 10.9. The summed E-state index contributed by atoms with van der Waals surface area (Å²) < 4.78 is 44.8. The van der Waals surface area contributed by atoms with Crippen molar-refractivity contribution in [1.82, 2.24) is 0 Å². The summed E-state index contributed by atoms with van der Waals surface area (Å²) in [5, 5.41) is 0. The number of halogens is 3. The summed E-state index contributed by atoms with van der Waals surface area (Å²) in [6.07, 6.45) is -1.81. The first-order valence-electron chi connectivity index (χ1n) is 10.2. The quantitative estimate of drug-likeness (QED) is 0.220. The number of anilines is 2. The van der Waals surface area contributed by atoms with Crippen LogP contribution in [0.4, 0.5) is 24.5 Å². The van der Waals surface area contributed by atoms with Crippen molar-refractivity contribution in [3.8, 4) is 11.8 Å². The summed E-state index contributed by atoms with van der Waals surface area (Å²) in [7, 11) is 0. The molecule has 0 aliphatic carbocycles. The van der Waals surface area contributed by atoms with E-state index in [1.165, 1.54) is 60.7 Å². The molecular weight excluding hydrogens is 397 g/mol. The fourth-order valence-electron chi connectivity index (χ4n) is 3.69. The van der Waals surface area contributed by atoms with Crippen LogP contribution in [0.2, 0.25) is 0 Å². The molecule has 2 nitrogen and oxygen atoms in total. The van der Waals surface area contributed by atoms with Crippen LogP contribution in [-0.4, -0.2) is 6.18 Å². The van der Waals surface area contributed by atoms with Gasteiger partial charge in [-0.15, -0.1) is 0 Å². The lowest BCUT2D eigenvalue weighted by Gasteiger charge is -2.37. The van der Waals surface area contributed by atoms with Gasteiger partial charge in [0.25, 0.3) is 0 Å². The van der Waals surface area contributed by atoms with Gasteiger partial charge in [-0.25, -0.2) is 0 Å². The fraction of sp³-hybridized carbons (Fsp3) is 0.231. The Balaban J connectivity index is 2.20. The first-order valence-corrected chi connectivity index (χ1v) is 10.2. The van der Waals surface area contributed by atoms with E-state index in [0.717, 1.165) is 19.3 Å².